The highest BCUT2D eigenvalue weighted by atomic mass is 16.5. The number of aromatic nitrogens is 2. The topological polar surface area (TPSA) is 89.0 Å². The summed E-state index contributed by atoms with van der Waals surface area (Å²) in [6.07, 6.45) is 12.3. The van der Waals surface area contributed by atoms with Crippen LogP contribution in [-0.2, 0) is 21.6 Å². The van der Waals surface area contributed by atoms with Gasteiger partial charge in [-0.05, 0) is 90.9 Å². The number of methoxy groups -OCH3 is 1. The van der Waals surface area contributed by atoms with Gasteiger partial charge >= 0.3 is 0 Å². The van der Waals surface area contributed by atoms with Crippen LogP contribution in [0, 0.1) is 56.2 Å². The molecule has 0 N–H and O–H groups in total. The van der Waals surface area contributed by atoms with Crippen LogP contribution < -0.4 is 0 Å². The number of ether oxygens (including phenoxy) is 1. The Morgan fingerprint density at radius 1 is 1.05 bits per heavy atom. The first-order valence-corrected chi connectivity index (χ1v) is 15.4. The van der Waals surface area contributed by atoms with Crippen LogP contribution in [0.1, 0.15) is 112 Å². The van der Waals surface area contributed by atoms with E-state index in [-0.39, 0.29) is 50.1 Å². The average molecular weight is 546 g/mol. The van der Waals surface area contributed by atoms with E-state index in [4.69, 9.17) is 9.15 Å². The minimum Gasteiger partial charge on any atom is -0.422 e. The van der Waals surface area contributed by atoms with Crippen LogP contribution >= 0.6 is 0 Å². The van der Waals surface area contributed by atoms with Crippen LogP contribution in [0.2, 0.25) is 0 Å². The minimum absolute atomic E-state index is 0.0184. The molecule has 0 saturated heterocycles. The van der Waals surface area contributed by atoms with Crippen molar-refractivity contribution < 1.29 is 13.9 Å². The van der Waals surface area contributed by atoms with Crippen molar-refractivity contribution in [3.8, 4) is 6.07 Å². The van der Waals surface area contributed by atoms with E-state index < -0.39 is 0 Å². The van der Waals surface area contributed by atoms with Gasteiger partial charge in [0.05, 0.1) is 11.5 Å². The third-order valence-corrected chi connectivity index (χ3v) is 13.0. The van der Waals surface area contributed by atoms with E-state index >= 15 is 0 Å². The Labute approximate surface area is 240 Å². The van der Waals surface area contributed by atoms with Gasteiger partial charge in [-0.2, -0.15) is 5.26 Å². The van der Waals surface area contributed by atoms with Gasteiger partial charge in [-0.25, -0.2) is 0 Å². The Morgan fingerprint density at radius 2 is 1.77 bits per heavy atom. The van der Waals surface area contributed by atoms with E-state index in [0.717, 1.165) is 56.9 Å². The fourth-order valence-corrected chi connectivity index (χ4v) is 10.9. The van der Waals surface area contributed by atoms with Crippen molar-refractivity contribution in [1.82, 2.24) is 10.2 Å². The normalized spacial score (nSPS) is 43.3. The molecule has 1 heterocycles. The van der Waals surface area contributed by atoms with Crippen molar-refractivity contribution in [2.75, 3.05) is 7.11 Å². The first-order chi connectivity index (χ1) is 18.7. The zero-order valence-electron chi connectivity index (χ0n) is 25.8. The molecule has 6 nitrogen and oxygen atoms in total. The summed E-state index contributed by atoms with van der Waals surface area (Å²) in [5, 5.41) is 18.9. The monoisotopic (exact) mass is 545 g/mol. The van der Waals surface area contributed by atoms with Crippen LogP contribution in [0.15, 0.2) is 27.7 Å². The van der Waals surface area contributed by atoms with Gasteiger partial charge in [0.2, 0.25) is 11.8 Å². The van der Waals surface area contributed by atoms with Gasteiger partial charge < -0.3 is 9.15 Å². The molecule has 3 saturated carbocycles. The maximum absolute atomic E-state index is 14.7. The Morgan fingerprint density at radius 3 is 2.48 bits per heavy atom. The lowest BCUT2D eigenvalue weighted by molar-refractivity contribution is -0.160. The zero-order chi connectivity index (χ0) is 28.9. The number of nitrogens with zero attached hydrogens (tertiary/aromatic N) is 3. The highest BCUT2D eigenvalue weighted by molar-refractivity contribution is 5.95. The van der Waals surface area contributed by atoms with E-state index in [9.17, 15) is 10.1 Å². The summed E-state index contributed by atoms with van der Waals surface area (Å²) in [5.74, 6) is 1.96. The summed E-state index contributed by atoms with van der Waals surface area (Å²) in [7, 11) is 1.64. The Balaban J connectivity index is 1.50. The fourth-order valence-electron chi connectivity index (χ4n) is 10.9. The number of fused-ring (bicyclic) bond motifs is 7. The molecule has 5 aliphatic carbocycles. The minimum atomic E-state index is -0.286. The molecule has 6 heteroatoms. The van der Waals surface area contributed by atoms with Gasteiger partial charge in [0.25, 0.3) is 0 Å². The molecule has 0 radical (unpaired) electrons. The zero-order valence-corrected chi connectivity index (χ0v) is 25.8. The van der Waals surface area contributed by atoms with Crippen molar-refractivity contribution in [3.63, 3.8) is 0 Å². The van der Waals surface area contributed by atoms with E-state index in [2.05, 4.69) is 76.9 Å². The molecule has 1 aromatic heterocycles. The second kappa shape index (κ2) is 8.63. The third-order valence-electron chi connectivity index (χ3n) is 13.0. The lowest BCUT2D eigenvalue weighted by Gasteiger charge is -2.69. The maximum Gasteiger partial charge on any atom is 0.242 e. The molecule has 7 unspecified atom stereocenters. The second-order valence-electron chi connectivity index (χ2n) is 16.1. The number of rotatable bonds is 3. The van der Waals surface area contributed by atoms with E-state index in [1.54, 1.807) is 7.11 Å². The lowest BCUT2D eigenvalue weighted by Crippen LogP contribution is -2.65. The smallest absolute Gasteiger partial charge is 0.242 e. The summed E-state index contributed by atoms with van der Waals surface area (Å²) in [4.78, 5) is 14.7. The van der Waals surface area contributed by atoms with Crippen molar-refractivity contribution in [1.29, 1.82) is 5.26 Å². The van der Waals surface area contributed by atoms with Crippen LogP contribution in [0.3, 0.4) is 0 Å². The molecule has 0 spiro atoms. The van der Waals surface area contributed by atoms with Gasteiger partial charge in [0, 0.05) is 24.0 Å². The molecule has 216 valence electrons. The molecule has 6 rings (SSSR count). The second-order valence-corrected chi connectivity index (χ2v) is 16.1. The molecule has 0 aliphatic heterocycles. The van der Waals surface area contributed by atoms with Gasteiger partial charge in [-0.1, -0.05) is 60.1 Å². The Hall–Kier alpha value is -2.26. The maximum atomic E-state index is 14.7. The lowest BCUT2D eigenvalue weighted by atomic mass is 9.34. The standard InChI is InChI=1S/C34H47N3O3/c1-29(2)11-13-34(28-37-36-26(40-28)20-39-8)14-12-33(7)27(22(34)18-29)23(38)15-25-31(5)17-21(19-35)16-30(3,4)24(31)9-10-32(25,33)6/h15,17,22,24,27H,9-14,16,18,20H2,1-8H3. The molecule has 7 atom stereocenters. The predicted octanol–water partition coefficient (Wildman–Crippen LogP) is 7.51. The van der Waals surface area contributed by atoms with Crippen LogP contribution in [0.25, 0.3) is 0 Å². The largest absolute Gasteiger partial charge is 0.422 e. The predicted molar refractivity (Wildman–Crippen MR) is 153 cm³/mol. The quantitative estimate of drug-likeness (QED) is 0.390. The number of nitriles is 1. The molecule has 40 heavy (non-hydrogen) atoms. The number of ketones is 1. The molecule has 5 aliphatic rings. The molecular weight excluding hydrogens is 498 g/mol. The molecule has 0 bridgehead atoms. The van der Waals surface area contributed by atoms with Gasteiger partial charge in [-0.3, -0.25) is 4.79 Å². The van der Waals surface area contributed by atoms with Crippen molar-refractivity contribution in [2.45, 2.75) is 112 Å². The summed E-state index contributed by atoms with van der Waals surface area (Å²) >= 11 is 0. The number of carbonyl (C=O) groups excluding carboxylic acids is 1. The van der Waals surface area contributed by atoms with E-state index in [1.165, 1.54) is 5.57 Å². The Bertz CT molecular complexity index is 1350. The highest BCUT2D eigenvalue weighted by Crippen LogP contribution is 2.74. The first kappa shape index (κ1) is 27.9. The van der Waals surface area contributed by atoms with Gasteiger partial charge in [0.1, 0.15) is 6.61 Å². The van der Waals surface area contributed by atoms with Crippen LogP contribution in [0.5, 0.6) is 0 Å². The molecule has 0 amide bonds. The van der Waals surface area contributed by atoms with Crippen molar-refractivity contribution in [2.24, 2.45) is 44.8 Å². The summed E-state index contributed by atoms with van der Waals surface area (Å²) in [6.45, 7) is 16.8. The van der Waals surface area contributed by atoms with E-state index in [1.807, 2.05) is 0 Å². The number of allylic oxidation sites excluding steroid dienone is 4. The van der Waals surface area contributed by atoms with Crippen LogP contribution in [0.4, 0.5) is 0 Å². The summed E-state index contributed by atoms with van der Waals surface area (Å²) < 4.78 is 11.6. The molecule has 1 aromatic rings. The highest BCUT2D eigenvalue weighted by Gasteiger charge is 2.70. The van der Waals surface area contributed by atoms with E-state index in [0.29, 0.717) is 24.3 Å². The van der Waals surface area contributed by atoms with Crippen molar-refractivity contribution in [3.05, 3.63) is 35.1 Å². The number of hydrogen-bond acceptors (Lipinski definition) is 6. The summed E-state index contributed by atoms with van der Waals surface area (Å²) in [5.41, 5.74) is 1.45. The molecular formula is C34H47N3O3. The van der Waals surface area contributed by atoms with Gasteiger partial charge in [0.15, 0.2) is 5.78 Å². The third kappa shape index (κ3) is 3.58. The molecule has 3 fully saturated rings. The fraction of sp³-hybridized carbons (Fsp3) is 0.765. The number of hydrogen-bond donors (Lipinski definition) is 0. The SMILES string of the molecule is COCc1nnc(C23CCC(C)(C)CC2C2C(=O)C=C4C5(C)C=C(C#N)CC(C)(C)C5CCC4(C)C2(C)CC3)o1. The molecule has 0 aromatic carbocycles. The average Bonchev–Trinajstić information content (AvgIpc) is 3.33. The summed E-state index contributed by atoms with van der Waals surface area (Å²) in [6, 6.07) is 2.50. The van der Waals surface area contributed by atoms with Crippen LogP contribution in [-0.4, -0.2) is 23.1 Å². The van der Waals surface area contributed by atoms with Gasteiger partial charge in [-0.15, -0.1) is 10.2 Å². The van der Waals surface area contributed by atoms with Crippen molar-refractivity contribution >= 4 is 5.78 Å². The number of carbonyl (C=O) groups is 1. The first-order valence-electron chi connectivity index (χ1n) is 15.4. The Kier molecular flexibility index (Phi) is 6.02.